The Morgan fingerprint density at radius 2 is 2.18 bits per heavy atom. The fourth-order valence-electron chi connectivity index (χ4n) is 2.56. The van der Waals surface area contributed by atoms with Crippen molar-refractivity contribution in [3.8, 4) is 0 Å². The van der Waals surface area contributed by atoms with Gasteiger partial charge in [-0.3, -0.25) is 4.79 Å². The van der Waals surface area contributed by atoms with Crippen molar-refractivity contribution in [1.29, 1.82) is 0 Å². The number of halogens is 1. The Labute approximate surface area is 136 Å². The molecule has 0 bridgehead atoms. The molecule has 1 aromatic carbocycles. The van der Waals surface area contributed by atoms with Crippen molar-refractivity contribution >= 4 is 30.0 Å². The van der Waals surface area contributed by atoms with Crippen LogP contribution in [0.4, 0.5) is 10.5 Å². The maximum Gasteiger partial charge on any atom is 0.319 e. The number of rotatable bonds is 4. The molecule has 2 rings (SSSR count). The van der Waals surface area contributed by atoms with Gasteiger partial charge in [-0.05, 0) is 37.5 Å². The van der Waals surface area contributed by atoms with Gasteiger partial charge in [-0.25, -0.2) is 4.79 Å². The maximum absolute atomic E-state index is 12.1. The molecule has 122 valence electrons. The Bertz CT molecular complexity index is 524. The Balaban J connectivity index is 0.00000242. The van der Waals surface area contributed by atoms with E-state index in [0.29, 0.717) is 12.2 Å². The summed E-state index contributed by atoms with van der Waals surface area (Å²) < 4.78 is 0. The van der Waals surface area contributed by atoms with Crippen molar-refractivity contribution in [2.45, 2.75) is 25.8 Å². The van der Waals surface area contributed by atoms with Crippen LogP contribution in [0.5, 0.6) is 0 Å². The van der Waals surface area contributed by atoms with Gasteiger partial charge in [0.05, 0.1) is 6.54 Å². The largest absolute Gasteiger partial charge is 0.337 e. The lowest BCUT2D eigenvalue weighted by Crippen LogP contribution is -2.45. The first-order valence-corrected chi connectivity index (χ1v) is 7.21. The minimum atomic E-state index is -0.377. The van der Waals surface area contributed by atoms with Gasteiger partial charge in [0, 0.05) is 24.8 Å². The number of urea groups is 1. The molecule has 4 N–H and O–H groups in total. The van der Waals surface area contributed by atoms with Gasteiger partial charge in [0.1, 0.15) is 0 Å². The normalized spacial score (nSPS) is 16.8. The number of likely N-dealkylation sites (tertiary alicyclic amines) is 1. The molecule has 0 saturated carbocycles. The number of nitrogens with one attached hydrogen (secondary N) is 2. The highest BCUT2D eigenvalue weighted by molar-refractivity contribution is 5.92. The standard InChI is InChI=1S/C15H22N4O2.ClH/c1-11-4-2-5-12(8-11)18-15(21)17-10-14(20)19-7-3-6-13(19)9-16;/h2,4-5,8,13H,3,6-7,9-10,16H2,1H3,(H2,17,18,21);1H. The minimum Gasteiger partial charge on any atom is -0.337 e. The van der Waals surface area contributed by atoms with Crippen LogP contribution in [-0.2, 0) is 4.79 Å². The first kappa shape index (κ1) is 18.3. The van der Waals surface area contributed by atoms with Crippen LogP contribution in [0.1, 0.15) is 18.4 Å². The molecule has 1 heterocycles. The number of amides is 3. The number of aryl methyl sites for hydroxylation is 1. The lowest BCUT2D eigenvalue weighted by atomic mass is 10.2. The van der Waals surface area contributed by atoms with Crippen molar-refractivity contribution in [2.75, 3.05) is 25.0 Å². The predicted molar refractivity (Wildman–Crippen MR) is 89.2 cm³/mol. The van der Waals surface area contributed by atoms with Crippen LogP contribution in [-0.4, -0.2) is 42.5 Å². The highest BCUT2D eigenvalue weighted by Crippen LogP contribution is 2.15. The number of nitrogens with two attached hydrogens (primary N) is 1. The topological polar surface area (TPSA) is 87.5 Å². The number of nitrogens with zero attached hydrogens (tertiary/aromatic N) is 1. The Kier molecular flexibility index (Phi) is 7.14. The Morgan fingerprint density at radius 3 is 2.86 bits per heavy atom. The molecule has 1 fully saturated rings. The molecule has 1 aromatic rings. The first-order chi connectivity index (χ1) is 10.1. The second kappa shape index (κ2) is 8.60. The summed E-state index contributed by atoms with van der Waals surface area (Å²) in [6, 6.07) is 7.22. The lowest BCUT2D eigenvalue weighted by molar-refractivity contribution is -0.130. The van der Waals surface area contributed by atoms with E-state index in [9.17, 15) is 9.59 Å². The SMILES string of the molecule is Cc1cccc(NC(=O)NCC(=O)N2CCCC2CN)c1.Cl. The van der Waals surface area contributed by atoms with E-state index in [4.69, 9.17) is 5.73 Å². The maximum atomic E-state index is 12.1. The third kappa shape index (κ3) is 4.89. The summed E-state index contributed by atoms with van der Waals surface area (Å²) in [5, 5.41) is 5.30. The molecule has 1 aliphatic heterocycles. The zero-order valence-electron chi connectivity index (χ0n) is 12.7. The van der Waals surface area contributed by atoms with Crippen LogP contribution in [0.15, 0.2) is 24.3 Å². The van der Waals surface area contributed by atoms with E-state index >= 15 is 0 Å². The van der Waals surface area contributed by atoms with Crippen LogP contribution in [0, 0.1) is 6.92 Å². The number of carbonyl (C=O) groups is 2. The molecule has 0 spiro atoms. The summed E-state index contributed by atoms with van der Waals surface area (Å²) in [7, 11) is 0. The second-order valence-electron chi connectivity index (χ2n) is 5.30. The monoisotopic (exact) mass is 326 g/mol. The summed E-state index contributed by atoms with van der Waals surface area (Å²) in [4.78, 5) is 25.6. The van der Waals surface area contributed by atoms with E-state index in [1.54, 1.807) is 11.0 Å². The third-order valence-corrected chi connectivity index (χ3v) is 3.65. The zero-order chi connectivity index (χ0) is 15.2. The molecule has 0 aliphatic carbocycles. The van der Waals surface area contributed by atoms with Crippen molar-refractivity contribution < 1.29 is 9.59 Å². The van der Waals surface area contributed by atoms with E-state index < -0.39 is 0 Å². The van der Waals surface area contributed by atoms with Gasteiger partial charge in [0.25, 0.3) is 0 Å². The van der Waals surface area contributed by atoms with E-state index in [2.05, 4.69) is 10.6 Å². The van der Waals surface area contributed by atoms with Crippen molar-refractivity contribution in [2.24, 2.45) is 5.73 Å². The highest BCUT2D eigenvalue weighted by atomic mass is 35.5. The molecule has 1 unspecified atom stereocenters. The fraction of sp³-hybridized carbons (Fsp3) is 0.467. The smallest absolute Gasteiger partial charge is 0.319 e. The molecule has 1 aliphatic rings. The van der Waals surface area contributed by atoms with Crippen molar-refractivity contribution in [3.05, 3.63) is 29.8 Å². The number of benzene rings is 1. The number of hydrogen-bond acceptors (Lipinski definition) is 3. The molecule has 22 heavy (non-hydrogen) atoms. The molecule has 1 saturated heterocycles. The molecular formula is C15H23ClN4O2. The van der Waals surface area contributed by atoms with Gasteiger partial charge >= 0.3 is 6.03 Å². The fourth-order valence-corrected chi connectivity index (χ4v) is 2.56. The van der Waals surface area contributed by atoms with Gasteiger partial charge in [-0.1, -0.05) is 12.1 Å². The zero-order valence-corrected chi connectivity index (χ0v) is 13.5. The van der Waals surface area contributed by atoms with E-state index in [1.807, 2.05) is 25.1 Å². The first-order valence-electron chi connectivity index (χ1n) is 7.21. The van der Waals surface area contributed by atoms with E-state index in [0.717, 1.165) is 24.9 Å². The average Bonchev–Trinajstić information content (AvgIpc) is 2.93. The second-order valence-corrected chi connectivity index (χ2v) is 5.30. The Hall–Kier alpha value is -1.79. The molecule has 1 atom stereocenters. The van der Waals surface area contributed by atoms with E-state index in [1.165, 1.54) is 0 Å². The Morgan fingerprint density at radius 1 is 1.41 bits per heavy atom. The van der Waals surface area contributed by atoms with Crippen LogP contribution in [0.3, 0.4) is 0 Å². The predicted octanol–water partition coefficient (Wildman–Crippen LogP) is 1.49. The number of hydrogen-bond donors (Lipinski definition) is 3. The van der Waals surface area contributed by atoms with Crippen LogP contribution in [0.25, 0.3) is 0 Å². The molecule has 7 heteroatoms. The highest BCUT2D eigenvalue weighted by Gasteiger charge is 2.27. The minimum absolute atomic E-state index is 0. The van der Waals surface area contributed by atoms with Crippen LogP contribution < -0.4 is 16.4 Å². The van der Waals surface area contributed by atoms with Crippen LogP contribution in [0.2, 0.25) is 0 Å². The summed E-state index contributed by atoms with van der Waals surface area (Å²) in [6.45, 7) is 3.14. The van der Waals surface area contributed by atoms with Gasteiger partial charge in [-0.15, -0.1) is 12.4 Å². The van der Waals surface area contributed by atoms with Crippen molar-refractivity contribution in [3.63, 3.8) is 0 Å². The van der Waals surface area contributed by atoms with Gasteiger partial charge in [0.2, 0.25) is 5.91 Å². The lowest BCUT2D eigenvalue weighted by Gasteiger charge is -2.23. The van der Waals surface area contributed by atoms with Gasteiger partial charge < -0.3 is 21.3 Å². The molecule has 0 aromatic heterocycles. The summed E-state index contributed by atoms with van der Waals surface area (Å²) >= 11 is 0. The third-order valence-electron chi connectivity index (χ3n) is 3.65. The van der Waals surface area contributed by atoms with E-state index in [-0.39, 0.29) is 36.9 Å². The van der Waals surface area contributed by atoms with Gasteiger partial charge in [0.15, 0.2) is 0 Å². The quantitative estimate of drug-likeness (QED) is 0.783. The molecular weight excluding hydrogens is 304 g/mol. The molecule has 6 nitrogen and oxygen atoms in total. The molecule has 0 radical (unpaired) electrons. The summed E-state index contributed by atoms with van der Waals surface area (Å²) in [5.41, 5.74) is 7.41. The average molecular weight is 327 g/mol. The number of carbonyl (C=O) groups excluding carboxylic acids is 2. The molecule has 3 amide bonds. The summed E-state index contributed by atoms with van der Waals surface area (Å²) in [5.74, 6) is -0.0812. The van der Waals surface area contributed by atoms with Crippen molar-refractivity contribution in [1.82, 2.24) is 10.2 Å². The van der Waals surface area contributed by atoms with Gasteiger partial charge in [-0.2, -0.15) is 0 Å². The van der Waals surface area contributed by atoms with Crippen LogP contribution >= 0.6 is 12.4 Å². The summed E-state index contributed by atoms with van der Waals surface area (Å²) in [6.07, 6.45) is 1.92. The number of anilines is 1.